The lowest BCUT2D eigenvalue weighted by Gasteiger charge is -2.12. The second-order valence-electron chi connectivity index (χ2n) is 7.57. The lowest BCUT2D eigenvalue weighted by molar-refractivity contribution is -0.137. The van der Waals surface area contributed by atoms with Gasteiger partial charge < -0.3 is 5.73 Å². The van der Waals surface area contributed by atoms with E-state index in [1.54, 1.807) is 37.5 Å². The van der Waals surface area contributed by atoms with Crippen molar-refractivity contribution in [1.82, 2.24) is 24.1 Å². The summed E-state index contributed by atoms with van der Waals surface area (Å²) in [6, 6.07) is 10.9. The van der Waals surface area contributed by atoms with Crippen molar-refractivity contribution >= 4 is 27.8 Å². The summed E-state index contributed by atoms with van der Waals surface area (Å²) in [5, 5.41) is 9.56. The molecule has 11 heteroatoms. The molecule has 0 spiro atoms. The highest BCUT2D eigenvalue weighted by Gasteiger charge is 2.34. The highest BCUT2D eigenvalue weighted by atomic mass is 19.4. The van der Waals surface area contributed by atoms with E-state index in [-0.39, 0.29) is 16.9 Å². The standard InChI is InChI=1S/C23H14F3N7O/c1-32-19-11-30-18-5-2-12(13-7-17(23(24,25)26)21(28)31-9-13)6-16(18)20(19)33(22(32)34)15-4-3-14(8-27)29-10-15/h2-7,9-11H,1H3,(H2,28,31). The Morgan fingerprint density at radius 2 is 1.79 bits per heavy atom. The van der Waals surface area contributed by atoms with Gasteiger partial charge in [0, 0.05) is 24.2 Å². The summed E-state index contributed by atoms with van der Waals surface area (Å²) in [6.45, 7) is 0. The van der Waals surface area contributed by atoms with Gasteiger partial charge >= 0.3 is 11.9 Å². The van der Waals surface area contributed by atoms with Crippen LogP contribution in [0.4, 0.5) is 19.0 Å². The van der Waals surface area contributed by atoms with Crippen LogP contribution in [0.5, 0.6) is 0 Å². The van der Waals surface area contributed by atoms with Crippen LogP contribution in [0, 0.1) is 11.3 Å². The topological polar surface area (TPSA) is 115 Å². The number of pyridine rings is 3. The van der Waals surface area contributed by atoms with Crippen molar-refractivity contribution in [1.29, 1.82) is 5.26 Å². The van der Waals surface area contributed by atoms with Gasteiger partial charge in [0.2, 0.25) is 0 Å². The molecule has 5 aromatic rings. The first kappa shape index (κ1) is 21.1. The molecular formula is C23H14F3N7O. The third-order valence-corrected chi connectivity index (χ3v) is 5.56. The van der Waals surface area contributed by atoms with E-state index in [1.165, 1.54) is 27.6 Å². The van der Waals surface area contributed by atoms with Gasteiger partial charge in [-0.15, -0.1) is 0 Å². The molecule has 8 nitrogen and oxygen atoms in total. The lowest BCUT2D eigenvalue weighted by Crippen LogP contribution is -2.21. The Morgan fingerprint density at radius 1 is 1.00 bits per heavy atom. The van der Waals surface area contributed by atoms with Gasteiger partial charge in [0.05, 0.1) is 40.2 Å². The fraction of sp³-hybridized carbons (Fsp3) is 0.0870. The minimum absolute atomic E-state index is 0.196. The van der Waals surface area contributed by atoms with E-state index in [2.05, 4.69) is 15.0 Å². The van der Waals surface area contributed by atoms with Crippen LogP contribution in [-0.2, 0) is 13.2 Å². The Labute approximate surface area is 189 Å². The number of anilines is 1. The summed E-state index contributed by atoms with van der Waals surface area (Å²) in [5.41, 5.74) is 6.89. The summed E-state index contributed by atoms with van der Waals surface area (Å²) >= 11 is 0. The van der Waals surface area contributed by atoms with E-state index in [0.29, 0.717) is 33.2 Å². The Hall–Kier alpha value is -4.72. The lowest BCUT2D eigenvalue weighted by atomic mass is 10.0. The van der Waals surface area contributed by atoms with E-state index in [9.17, 15) is 18.0 Å². The summed E-state index contributed by atoms with van der Waals surface area (Å²) in [7, 11) is 1.59. The number of aromatic nitrogens is 5. The number of benzene rings is 1. The van der Waals surface area contributed by atoms with Crippen LogP contribution in [-0.4, -0.2) is 24.1 Å². The molecule has 0 aliphatic heterocycles. The monoisotopic (exact) mass is 461 g/mol. The van der Waals surface area contributed by atoms with Gasteiger partial charge in [-0.2, -0.15) is 18.4 Å². The molecule has 4 heterocycles. The largest absolute Gasteiger partial charge is 0.419 e. The number of nitriles is 1. The van der Waals surface area contributed by atoms with E-state index < -0.39 is 17.6 Å². The summed E-state index contributed by atoms with van der Waals surface area (Å²) < 4.78 is 42.9. The molecule has 0 aliphatic carbocycles. The fourth-order valence-electron chi connectivity index (χ4n) is 3.86. The van der Waals surface area contributed by atoms with Crippen molar-refractivity contribution in [2.24, 2.45) is 7.05 Å². The first-order chi connectivity index (χ1) is 16.2. The molecular weight excluding hydrogens is 447 g/mol. The second-order valence-corrected chi connectivity index (χ2v) is 7.57. The van der Waals surface area contributed by atoms with Crippen LogP contribution < -0.4 is 11.4 Å². The SMILES string of the molecule is Cn1c(=O)n(-c2ccc(C#N)nc2)c2c3cc(-c4cnc(N)c(C(F)(F)F)c4)ccc3ncc21. The molecule has 0 aliphatic rings. The van der Waals surface area contributed by atoms with Crippen LogP contribution in [0.25, 0.3) is 38.8 Å². The summed E-state index contributed by atoms with van der Waals surface area (Å²) in [4.78, 5) is 25.3. The zero-order chi connectivity index (χ0) is 24.2. The van der Waals surface area contributed by atoms with Crippen molar-refractivity contribution in [3.8, 4) is 22.9 Å². The molecule has 0 radical (unpaired) electrons. The molecule has 2 N–H and O–H groups in total. The van der Waals surface area contributed by atoms with Gasteiger partial charge in [-0.3, -0.25) is 14.1 Å². The number of nitrogen functional groups attached to an aromatic ring is 1. The Kier molecular flexibility index (Phi) is 4.61. The van der Waals surface area contributed by atoms with Gasteiger partial charge in [0.1, 0.15) is 17.6 Å². The Morgan fingerprint density at radius 3 is 2.47 bits per heavy atom. The van der Waals surface area contributed by atoms with Crippen LogP contribution in [0.1, 0.15) is 11.3 Å². The predicted molar refractivity (Wildman–Crippen MR) is 119 cm³/mol. The maximum Gasteiger partial charge on any atom is 0.419 e. The van der Waals surface area contributed by atoms with Gasteiger partial charge in [0.15, 0.2) is 0 Å². The normalized spacial score (nSPS) is 11.7. The first-order valence-electron chi connectivity index (χ1n) is 9.89. The maximum atomic E-state index is 13.4. The minimum atomic E-state index is -4.65. The number of nitrogens with two attached hydrogens (primary N) is 1. The van der Waals surface area contributed by atoms with Crippen molar-refractivity contribution < 1.29 is 13.2 Å². The number of rotatable bonds is 2. The average molecular weight is 461 g/mol. The highest BCUT2D eigenvalue weighted by Crippen LogP contribution is 2.36. The number of nitrogens with zero attached hydrogens (tertiary/aromatic N) is 6. The van der Waals surface area contributed by atoms with E-state index >= 15 is 0 Å². The summed E-state index contributed by atoms with van der Waals surface area (Å²) in [6.07, 6.45) is -0.420. The van der Waals surface area contributed by atoms with Crippen LogP contribution in [0.3, 0.4) is 0 Å². The number of imidazole rings is 1. The first-order valence-corrected chi connectivity index (χ1v) is 9.89. The van der Waals surface area contributed by atoms with Crippen molar-refractivity contribution in [3.63, 3.8) is 0 Å². The number of alkyl halides is 3. The molecule has 0 saturated heterocycles. The van der Waals surface area contributed by atoms with Gasteiger partial charge in [-0.1, -0.05) is 6.07 Å². The van der Waals surface area contributed by atoms with Gasteiger partial charge in [-0.05, 0) is 35.9 Å². The minimum Gasteiger partial charge on any atom is -0.383 e. The molecule has 0 bridgehead atoms. The van der Waals surface area contributed by atoms with Crippen molar-refractivity contribution in [3.05, 3.63) is 76.7 Å². The fourth-order valence-corrected chi connectivity index (χ4v) is 3.86. The average Bonchev–Trinajstić information content (AvgIpc) is 3.09. The molecule has 34 heavy (non-hydrogen) atoms. The third kappa shape index (κ3) is 3.24. The highest BCUT2D eigenvalue weighted by molar-refractivity contribution is 6.04. The van der Waals surface area contributed by atoms with Crippen LogP contribution in [0.15, 0.2) is 59.8 Å². The molecule has 0 fully saturated rings. The molecule has 168 valence electrons. The zero-order valence-corrected chi connectivity index (χ0v) is 17.5. The number of hydrogen-bond acceptors (Lipinski definition) is 6. The maximum absolute atomic E-state index is 13.4. The Bertz CT molecular complexity index is 1690. The number of halogens is 3. The van der Waals surface area contributed by atoms with Gasteiger partial charge in [0.25, 0.3) is 0 Å². The molecule has 0 atom stereocenters. The van der Waals surface area contributed by atoms with Crippen molar-refractivity contribution in [2.45, 2.75) is 6.18 Å². The Balaban J connectivity index is 1.80. The third-order valence-electron chi connectivity index (χ3n) is 5.56. The zero-order valence-electron chi connectivity index (χ0n) is 17.5. The van der Waals surface area contributed by atoms with E-state index in [0.717, 1.165) is 6.07 Å². The number of fused-ring (bicyclic) bond motifs is 3. The number of hydrogen-bond donors (Lipinski definition) is 1. The van der Waals surface area contributed by atoms with Crippen molar-refractivity contribution in [2.75, 3.05) is 5.73 Å². The quantitative estimate of drug-likeness (QED) is 0.428. The van der Waals surface area contributed by atoms with Gasteiger partial charge in [-0.25, -0.2) is 14.8 Å². The predicted octanol–water partition coefficient (Wildman–Crippen LogP) is 3.81. The van der Waals surface area contributed by atoms with Crippen LogP contribution >= 0.6 is 0 Å². The van der Waals surface area contributed by atoms with E-state index in [4.69, 9.17) is 11.0 Å². The summed E-state index contributed by atoms with van der Waals surface area (Å²) in [5.74, 6) is -0.605. The molecule has 1 aromatic carbocycles. The molecule has 5 rings (SSSR count). The molecule has 0 amide bonds. The van der Waals surface area contributed by atoms with E-state index in [1.807, 2.05) is 6.07 Å². The van der Waals surface area contributed by atoms with Crippen LogP contribution in [0.2, 0.25) is 0 Å². The molecule has 0 saturated carbocycles. The molecule has 0 unspecified atom stereocenters. The number of aryl methyl sites for hydroxylation is 1. The smallest absolute Gasteiger partial charge is 0.383 e. The second kappa shape index (κ2) is 7.41. The molecule has 4 aromatic heterocycles.